The first-order valence-corrected chi connectivity index (χ1v) is 8.22. The van der Waals surface area contributed by atoms with E-state index in [9.17, 15) is 15.2 Å². The standard InChI is InChI=1S/C17H21N3O4/c21-12-15-5-1-2-8-19(15)9-7-17-18-11-16(24-17)13-4-3-6-14(10-13)20(22)23/h3-4,6,10-11,15,21H,1-2,5,7-9,12H2. The number of aliphatic hydroxyl groups excluding tert-OH is 1. The Hall–Kier alpha value is -2.25. The maximum atomic E-state index is 10.9. The van der Waals surface area contributed by atoms with Crippen molar-refractivity contribution in [3.63, 3.8) is 0 Å². The Kier molecular flexibility index (Phi) is 5.22. The summed E-state index contributed by atoms with van der Waals surface area (Å²) in [7, 11) is 0. The minimum absolute atomic E-state index is 0.0320. The van der Waals surface area contributed by atoms with Crippen LogP contribution in [0.15, 0.2) is 34.9 Å². The predicted octanol–water partition coefficient (Wildman–Crippen LogP) is 2.64. The highest BCUT2D eigenvalue weighted by Crippen LogP contribution is 2.25. The maximum absolute atomic E-state index is 10.9. The van der Waals surface area contributed by atoms with Gasteiger partial charge in [-0.3, -0.25) is 15.0 Å². The van der Waals surface area contributed by atoms with Crippen LogP contribution in [-0.2, 0) is 6.42 Å². The molecule has 0 spiro atoms. The molecular formula is C17H21N3O4. The van der Waals surface area contributed by atoms with Crippen LogP contribution in [0.2, 0.25) is 0 Å². The molecule has 1 unspecified atom stereocenters. The topological polar surface area (TPSA) is 92.6 Å². The number of hydrogen-bond donors (Lipinski definition) is 1. The highest BCUT2D eigenvalue weighted by molar-refractivity contribution is 5.60. The maximum Gasteiger partial charge on any atom is 0.270 e. The van der Waals surface area contributed by atoms with Gasteiger partial charge in [0.25, 0.3) is 5.69 Å². The van der Waals surface area contributed by atoms with Gasteiger partial charge in [0.05, 0.1) is 17.7 Å². The molecule has 0 aliphatic carbocycles. The lowest BCUT2D eigenvalue weighted by Gasteiger charge is -2.34. The van der Waals surface area contributed by atoms with Crippen LogP contribution in [0.5, 0.6) is 0 Å². The molecule has 1 aromatic carbocycles. The first-order chi connectivity index (χ1) is 11.7. The summed E-state index contributed by atoms with van der Waals surface area (Å²) in [5.74, 6) is 1.14. The minimum Gasteiger partial charge on any atom is -0.441 e. The van der Waals surface area contributed by atoms with E-state index in [4.69, 9.17) is 4.42 Å². The number of benzene rings is 1. The van der Waals surface area contributed by atoms with Crippen LogP contribution in [0.3, 0.4) is 0 Å². The van der Waals surface area contributed by atoms with Gasteiger partial charge in [0.1, 0.15) is 0 Å². The van der Waals surface area contributed by atoms with Gasteiger partial charge in [-0.15, -0.1) is 0 Å². The molecule has 0 bridgehead atoms. The molecule has 0 amide bonds. The molecule has 1 N–H and O–H groups in total. The number of aromatic nitrogens is 1. The molecule has 0 radical (unpaired) electrons. The molecule has 1 aromatic heterocycles. The van der Waals surface area contributed by atoms with Crippen LogP contribution in [-0.4, -0.2) is 45.7 Å². The van der Waals surface area contributed by atoms with Gasteiger partial charge in [-0.1, -0.05) is 18.6 Å². The van der Waals surface area contributed by atoms with Gasteiger partial charge < -0.3 is 9.52 Å². The van der Waals surface area contributed by atoms with E-state index in [1.807, 2.05) is 0 Å². The summed E-state index contributed by atoms with van der Waals surface area (Å²) in [5.41, 5.74) is 0.679. The zero-order chi connectivity index (χ0) is 16.9. The Morgan fingerprint density at radius 3 is 3.08 bits per heavy atom. The number of non-ortho nitro benzene ring substituents is 1. The lowest BCUT2D eigenvalue weighted by molar-refractivity contribution is -0.384. The summed E-state index contributed by atoms with van der Waals surface area (Å²) >= 11 is 0. The molecule has 2 heterocycles. The third-order valence-corrected chi connectivity index (χ3v) is 4.47. The normalized spacial score (nSPS) is 18.6. The number of likely N-dealkylation sites (tertiary alicyclic amines) is 1. The van der Waals surface area contributed by atoms with Crippen molar-refractivity contribution in [2.45, 2.75) is 31.7 Å². The van der Waals surface area contributed by atoms with Crippen molar-refractivity contribution >= 4 is 5.69 Å². The first-order valence-electron chi connectivity index (χ1n) is 8.22. The van der Waals surface area contributed by atoms with E-state index in [0.717, 1.165) is 32.4 Å². The Morgan fingerprint density at radius 1 is 1.42 bits per heavy atom. The molecule has 1 aliphatic heterocycles. The van der Waals surface area contributed by atoms with E-state index in [0.29, 0.717) is 23.6 Å². The van der Waals surface area contributed by atoms with Gasteiger partial charge in [-0.05, 0) is 19.4 Å². The zero-order valence-corrected chi connectivity index (χ0v) is 13.4. The van der Waals surface area contributed by atoms with Gasteiger partial charge in [0, 0.05) is 36.7 Å². The number of nitro benzene ring substituents is 1. The van der Waals surface area contributed by atoms with Gasteiger partial charge in [-0.25, -0.2) is 4.98 Å². The van der Waals surface area contributed by atoms with Gasteiger partial charge in [0.15, 0.2) is 11.7 Å². The Balaban J connectivity index is 1.65. The Bertz CT molecular complexity index is 701. The van der Waals surface area contributed by atoms with E-state index >= 15 is 0 Å². The molecule has 7 nitrogen and oxygen atoms in total. The number of nitrogens with zero attached hydrogens (tertiary/aromatic N) is 3. The van der Waals surface area contributed by atoms with Crippen LogP contribution >= 0.6 is 0 Å². The lowest BCUT2D eigenvalue weighted by atomic mass is 10.0. The molecule has 1 aliphatic rings. The fraction of sp³-hybridized carbons (Fsp3) is 0.471. The Morgan fingerprint density at radius 2 is 2.29 bits per heavy atom. The minimum atomic E-state index is -0.424. The van der Waals surface area contributed by atoms with Crippen molar-refractivity contribution in [2.75, 3.05) is 19.7 Å². The fourth-order valence-electron chi connectivity index (χ4n) is 3.13. The summed E-state index contributed by atoms with van der Waals surface area (Å²) < 4.78 is 5.74. The average molecular weight is 331 g/mol. The molecule has 24 heavy (non-hydrogen) atoms. The third kappa shape index (κ3) is 3.80. The van der Waals surface area contributed by atoms with Crippen molar-refractivity contribution in [3.8, 4) is 11.3 Å². The Labute approximate surface area is 140 Å². The molecular weight excluding hydrogens is 310 g/mol. The quantitative estimate of drug-likeness (QED) is 0.646. The number of oxazole rings is 1. The lowest BCUT2D eigenvalue weighted by Crippen LogP contribution is -2.42. The van der Waals surface area contributed by atoms with Gasteiger partial charge >= 0.3 is 0 Å². The average Bonchev–Trinajstić information content (AvgIpc) is 3.09. The predicted molar refractivity (Wildman–Crippen MR) is 88.6 cm³/mol. The van der Waals surface area contributed by atoms with Crippen LogP contribution in [0.25, 0.3) is 11.3 Å². The number of nitro groups is 1. The number of aliphatic hydroxyl groups is 1. The molecule has 0 saturated carbocycles. The van der Waals surface area contributed by atoms with Crippen molar-refractivity contribution < 1.29 is 14.4 Å². The molecule has 1 saturated heterocycles. The summed E-state index contributed by atoms with van der Waals surface area (Å²) in [4.78, 5) is 17.0. The second-order valence-corrected chi connectivity index (χ2v) is 6.04. The molecule has 3 rings (SSSR count). The van der Waals surface area contributed by atoms with Crippen LogP contribution in [0.4, 0.5) is 5.69 Å². The summed E-state index contributed by atoms with van der Waals surface area (Å²) in [6.07, 6.45) is 5.61. The van der Waals surface area contributed by atoms with Crippen molar-refractivity contribution in [1.82, 2.24) is 9.88 Å². The molecule has 1 atom stereocenters. The first kappa shape index (κ1) is 16.6. The third-order valence-electron chi connectivity index (χ3n) is 4.47. The smallest absolute Gasteiger partial charge is 0.270 e. The highest BCUT2D eigenvalue weighted by atomic mass is 16.6. The summed E-state index contributed by atoms with van der Waals surface area (Å²) in [6, 6.07) is 6.56. The van der Waals surface area contributed by atoms with Crippen LogP contribution in [0, 0.1) is 10.1 Å². The highest BCUT2D eigenvalue weighted by Gasteiger charge is 2.21. The number of hydrogen-bond acceptors (Lipinski definition) is 6. The van der Waals surface area contributed by atoms with Gasteiger partial charge in [0.2, 0.25) is 0 Å². The van der Waals surface area contributed by atoms with Crippen molar-refractivity contribution in [1.29, 1.82) is 0 Å². The molecule has 2 aromatic rings. The van der Waals surface area contributed by atoms with E-state index in [1.165, 1.54) is 12.1 Å². The second-order valence-electron chi connectivity index (χ2n) is 6.04. The van der Waals surface area contributed by atoms with Crippen LogP contribution in [0.1, 0.15) is 25.2 Å². The monoisotopic (exact) mass is 331 g/mol. The van der Waals surface area contributed by atoms with E-state index in [-0.39, 0.29) is 18.3 Å². The molecule has 1 fully saturated rings. The summed E-state index contributed by atoms with van der Waals surface area (Å²) in [6.45, 7) is 1.97. The van der Waals surface area contributed by atoms with Crippen molar-refractivity contribution in [3.05, 3.63) is 46.5 Å². The van der Waals surface area contributed by atoms with E-state index in [1.54, 1.807) is 18.3 Å². The molecule has 7 heteroatoms. The van der Waals surface area contributed by atoms with E-state index in [2.05, 4.69) is 9.88 Å². The fourth-order valence-corrected chi connectivity index (χ4v) is 3.13. The van der Waals surface area contributed by atoms with Gasteiger partial charge in [-0.2, -0.15) is 0 Å². The van der Waals surface area contributed by atoms with Crippen LogP contribution < -0.4 is 0 Å². The molecule has 128 valence electrons. The van der Waals surface area contributed by atoms with Crippen molar-refractivity contribution in [2.24, 2.45) is 0 Å². The zero-order valence-electron chi connectivity index (χ0n) is 13.4. The number of rotatable bonds is 6. The second kappa shape index (κ2) is 7.55. The van der Waals surface area contributed by atoms with E-state index < -0.39 is 4.92 Å². The number of piperidine rings is 1. The largest absolute Gasteiger partial charge is 0.441 e. The SMILES string of the molecule is O=[N+]([O-])c1cccc(-c2cnc(CCN3CCCCC3CO)o2)c1. The summed E-state index contributed by atoms with van der Waals surface area (Å²) in [5, 5.41) is 20.3.